The molecule has 1 fully saturated rings. The summed E-state index contributed by atoms with van der Waals surface area (Å²) in [5.74, 6) is -2.38. The van der Waals surface area contributed by atoms with Crippen molar-refractivity contribution >= 4 is 33.2 Å². The first-order valence-corrected chi connectivity index (χ1v) is 9.24. The van der Waals surface area contributed by atoms with Gasteiger partial charge in [0.1, 0.15) is 16.5 Å². The third kappa shape index (κ3) is 3.56. The standard InChI is InChI=1S/C16H13ClF2N2O4S/c17-12-6-10(2-4-13(12)18)20-16(23)9-1-3-14(19)15(5-9)26(24,25)21-7-11(22)8-21/h1-6,11,22H,7-8H2,(H,20,23). The van der Waals surface area contributed by atoms with Gasteiger partial charge in [0.15, 0.2) is 0 Å². The Bertz CT molecular complexity index is 978. The molecule has 26 heavy (non-hydrogen) atoms. The van der Waals surface area contributed by atoms with Crippen LogP contribution in [0.4, 0.5) is 14.5 Å². The summed E-state index contributed by atoms with van der Waals surface area (Å²) in [5, 5.41) is 11.5. The zero-order valence-corrected chi connectivity index (χ0v) is 14.7. The van der Waals surface area contributed by atoms with Gasteiger partial charge in [0.2, 0.25) is 10.0 Å². The lowest BCUT2D eigenvalue weighted by atomic mass is 10.2. The summed E-state index contributed by atoms with van der Waals surface area (Å²) >= 11 is 5.64. The lowest BCUT2D eigenvalue weighted by Crippen LogP contribution is -2.53. The minimum absolute atomic E-state index is 0.105. The smallest absolute Gasteiger partial charge is 0.255 e. The number of sulfonamides is 1. The Kier molecular flexibility index (Phi) is 4.98. The number of carbonyl (C=O) groups excluding carboxylic acids is 1. The molecular formula is C16H13ClF2N2O4S. The second-order valence-corrected chi connectivity index (χ2v) is 8.02. The minimum atomic E-state index is -4.16. The fraction of sp³-hybridized carbons (Fsp3) is 0.188. The summed E-state index contributed by atoms with van der Waals surface area (Å²) in [5.41, 5.74) is 0.0903. The molecule has 0 spiro atoms. The Morgan fingerprint density at radius 3 is 2.42 bits per heavy atom. The van der Waals surface area contributed by atoms with Crippen LogP contribution in [0.5, 0.6) is 0 Å². The number of β-amino-alcohol motifs (C(OH)–C–C–N with tert-alkyl or cyclic N) is 1. The zero-order valence-electron chi connectivity index (χ0n) is 13.1. The maximum atomic E-state index is 14.0. The van der Waals surface area contributed by atoms with E-state index in [2.05, 4.69) is 5.32 Å². The molecule has 2 aromatic carbocycles. The van der Waals surface area contributed by atoms with Crippen LogP contribution in [0.15, 0.2) is 41.3 Å². The molecule has 1 aliphatic heterocycles. The van der Waals surface area contributed by atoms with Crippen LogP contribution in [-0.2, 0) is 10.0 Å². The first-order chi connectivity index (χ1) is 12.2. The topological polar surface area (TPSA) is 86.7 Å². The Morgan fingerprint density at radius 1 is 1.15 bits per heavy atom. The zero-order chi connectivity index (χ0) is 19.1. The van der Waals surface area contributed by atoms with Crippen molar-refractivity contribution in [3.63, 3.8) is 0 Å². The van der Waals surface area contributed by atoms with Crippen molar-refractivity contribution in [1.82, 2.24) is 4.31 Å². The second kappa shape index (κ2) is 6.92. The number of aliphatic hydroxyl groups excluding tert-OH is 1. The van der Waals surface area contributed by atoms with E-state index in [0.717, 1.165) is 28.6 Å². The van der Waals surface area contributed by atoms with Crippen molar-refractivity contribution in [3.8, 4) is 0 Å². The highest BCUT2D eigenvalue weighted by Gasteiger charge is 2.37. The van der Waals surface area contributed by atoms with Crippen molar-refractivity contribution in [2.75, 3.05) is 18.4 Å². The van der Waals surface area contributed by atoms with Gasteiger partial charge in [-0.05, 0) is 36.4 Å². The first-order valence-electron chi connectivity index (χ1n) is 7.42. The SMILES string of the molecule is O=C(Nc1ccc(F)c(Cl)c1)c1ccc(F)c(S(=O)(=O)N2CC(O)C2)c1. The Balaban J connectivity index is 1.87. The summed E-state index contributed by atoms with van der Waals surface area (Å²) in [6, 6.07) is 6.44. The molecular weight excluding hydrogens is 390 g/mol. The number of benzene rings is 2. The predicted molar refractivity (Wildman–Crippen MR) is 90.5 cm³/mol. The fourth-order valence-electron chi connectivity index (χ4n) is 2.37. The number of nitrogens with one attached hydrogen (secondary N) is 1. The monoisotopic (exact) mass is 402 g/mol. The minimum Gasteiger partial charge on any atom is -0.390 e. The van der Waals surface area contributed by atoms with Crippen molar-refractivity contribution < 1.29 is 27.1 Å². The van der Waals surface area contributed by atoms with Crippen LogP contribution in [0.3, 0.4) is 0 Å². The third-order valence-corrected chi connectivity index (χ3v) is 5.95. The number of hydrogen-bond acceptors (Lipinski definition) is 4. The number of nitrogens with zero attached hydrogens (tertiary/aromatic N) is 1. The summed E-state index contributed by atoms with van der Waals surface area (Å²) in [7, 11) is -4.16. The number of rotatable bonds is 4. The molecule has 2 N–H and O–H groups in total. The van der Waals surface area contributed by atoms with E-state index >= 15 is 0 Å². The van der Waals surface area contributed by atoms with E-state index in [9.17, 15) is 27.1 Å². The van der Waals surface area contributed by atoms with Gasteiger partial charge in [-0.15, -0.1) is 0 Å². The molecule has 1 amide bonds. The summed E-state index contributed by atoms with van der Waals surface area (Å²) in [6.07, 6.45) is -0.789. The molecule has 2 aromatic rings. The summed E-state index contributed by atoms with van der Waals surface area (Å²) < 4.78 is 52.8. The van der Waals surface area contributed by atoms with E-state index < -0.39 is 38.6 Å². The molecule has 1 aliphatic rings. The van der Waals surface area contributed by atoms with E-state index in [1.54, 1.807) is 0 Å². The fourth-order valence-corrected chi connectivity index (χ4v) is 4.16. The Labute approximate surface area is 153 Å². The third-order valence-electron chi connectivity index (χ3n) is 3.82. The van der Waals surface area contributed by atoms with Crippen molar-refractivity contribution in [2.24, 2.45) is 0 Å². The molecule has 0 aromatic heterocycles. The van der Waals surface area contributed by atoms with Crippen molar-refractivity contribution in [2.45, 2.75) is 11.0 Å². The number of hydrogen-bond donors (Lipinski definition) is 2. The lowest BCUT2D eigenvalue weighted by molar-refractivity contribution is 0.0546. The van der Waals surface area contributed by atoms with E-state index in [1.807, 2.05) is 0 Å². The van der Waals surface area contributed by atoms with E-state index in [1.165, 1.54) is 12.1 Å². The number of aliphatic hydroxyl groups is 1. The molecule has 0 radical (unpaired) electrons. The van der Waals surface area contributed by atoms with Crippen molar-refractivity contribution in [1.29, 1.82) is 0 Å². The highest BCUT2D eigenvalue weighted by atomic mass is 35.5. The van der Waals surface area contributed by atoms with Gasteiger partial charge in [0.25, 0.3) is 5.91 Å². The molecule has 0 saturated carbocycles. The second-order valence-electron chi connectivity index (χ2n) is 5.70. The summed E-state index contributed by atoms with van der Waals surface area (Å²) in [4.78, 5) is 11.6. The summed E-state index contributed by atoms with van der Waals surface area (Å²) in [6.45, 7) is -0.265. The molecule has 0 bridgehead atoms. The van der Waals surface area contributed by atoms with Crippen LogP contribution in [0.1, 0.15) is 10.4 Å². The highest BCUT2D eigenvalue weighted by Crippen LogP contribution is 2.25. The lowest BCUT2D eigenvalue weighted by Gasteiger charge is -2.34. The predicted octanol–water partition coefficient (Wildman–Crippen LogP) is 2.24. The van der Waals surface area contributed by atoms with Gasteiger partial charge in [-0.3, -0.25) is 4.79 Å². The number of carbonyl (C=O) groups is 1. The number of anilines is 1. The average molecular weight is 403 g/mol. The van der Waals surface area contributed by atoms with Crippen LogP contribution in [0.2, 0.25) is 5.02 Å². The Hall–Kier alpha value is -2.07. The Morgan fingerprint density at radius 2 is 1.81 bits per heavy atom. The van der Waals surface area contributed by atoms with Gasteiger partial charge in [0.05, 0.1) is 11.1 Å². The molecule has 10 heteroatoms. The van der Waals surface area contributed by atoms with Gasteiger partial charge in [0, 0.05) is 24.3 Å². The molecule has 0 atom stereocenters. The van der Waals surface area contributed by atoms with Crippen LogP contribution in [0, 0.1) is 11.6 Å². The molecule has 3 rings (SSSR count). The first kappa shape index (κ1) is 18.7. The van der Waals surface area contributed by atoms with Crippen LogP contribution >= 0.6 is 11.6 Å². The molecule has 6 nitrogen and oxygen atoms in total. The van der Waals surface area contributed by atoms with Crippen LogP contribution in [-0.4, -0.2) is 42.9 Å². The largest absolute Gasteiger partial charge is 0.390 e. The van der Waals surface area contributed by atoms with Crippen molar-refractivity contribution in [3.05, 3.63) is 58.6 Å². The molecule has 1 saturated heterocycles. The maximum absolute atomic E-state index is 14.0. The van der Waals surface area contributed by atoms with Gasteiger partial charge >= 0.3 is 0 Å². The molecule has 0 unspecified atom stereocenters. The quantitative estimate of drug-likeness (QED) is 0.821. The van der Waals surface area contributed by atoms with Gasteiger partial charge in [-0.2, -0.15) is 4.31 Å². The average Bonchev–Trinajstić information content (AvgIpc) is 2.55. The normalized spacial score (nSPS) is 15.5. The maximum Gasteiger partial charge on any atom is 0.255 e. The van der Waals surface area contributed by atoms with Gasteiger partial charge in [-0.1, -0.05) is 11.6 Å². The number of halogens is 3. The van der Waals surface area contributed by atoms with Crippen LogP contribution < -0.4 is 5.32 Å². The highest BCUT2D eigenvalue weighted by molar-refractivity contribution is 7.89. The van der Waals surface area contributed by atoms with Gasteiger partial charge in [-0.25, -0.2) is 17.2 Å². The molecule has 0 aliphatic carbocycles. The number of amides is 1. The molecule has 138 valence electrons. The van der Waals surface area contributed by atoms with Crippen LogP contribution in [0.25, 0.3) is 0 Å². The molecule has 1 heterocycles. The van der Waals surface area contributed by atoms with E-state index in [4.69, 9.17) is 11.6 Å². The van der Waals surface area contributed by atoms with E-state index in [0.29, 0.717) is 0 Å². The van der Waals surface area contributed by atoms with E-state index in [-0.39, 0.29) is 29.4 Å². The van der Waals surface area contributed by atoms with Gasteiger partial charge < -0.3 is 10.4 Å².